The Kier molecular flexibility index (Phi) is 3.15. The molecule has 1 aromatic rings. The van der Waals surface area contributed by atoms with Gasteiger partial charge in [-0.15, -0.1) is 0 Å². The van der Waals surface area contributed by atoms with E-state index in [2.05, 4.69) is 15.6 Å². The monoisotopic (exact) mass is 217 g/mol. The number of aromatic nitrogens is 1. The molecular weight excluding hydrogens is 208 g/mol. The number of aryl methyl sites for hydroxylation is 1. The largest absolute Gasteiger partial charge is 0.483 e. The van der Waals surface area contributed by atoms with Crippen LogP contribution in [0, 0.1) is 6.92 Å². The van der Waals surface area contributed by atoms with E-state index in [1.807, 2.05) is 0 Å². The Balaban J connectivity index is 2.86. The van der Waals surface area contributed by atoms with Crippen LogP contribution < -0.4 is 16.0 Å². The van der Waals surface area contributed by atoms with Gasteiger partial charge in [0.1, 0.15) is 5.75 Å². The number of nitrogens with one attached hydrogen (secondary N) is 1. The SMILES string of the molecule is Cc1ncccc1OC(F)(F)C(=O)NN. The number of ether oxygens (including phenoxy) is 1. The lowest BCUT2D eigenvalue weighted by atomic mass is 10.3. The Morgan fingerprint density at radius 3 is 2.87 bits per heavy atom. The summed E-state index contributed by atoms with van der Waals surface area (Å²) in [6.45, 7) is 1.48. The molecule has 0 unspecified atom stereocenters. The molecule has 0 aliphatic rings. The Morgan fingerprint density at radius 2 is 2.33 bits per heavy atom. The first-order valence-electron chi connectivity index (χ1n) is 3.97. The second-order valence-corrected chi connectivity index (χ2v) is 2.68. The summed E-state index contributed by atoms with van der Waals surface area (Å²) < 4.78 is 30.1. The lowest BCUT2D eigenvalue weighted by Crippen LogP contribution is -2.47. The van der Waals surface area contributed by atoms with Gasteiger partial charge in [-0.3, -0.25) is 15.2 Å². The molecule has 5 nitrogen and oxygen atoms in total. The number of halogens is 2. The van der Waals surface area contributed by atoms with Gasteiger partial charge in [0, 0.05) is 6.20 Å². The van der Waals surface area contributed by atoms with Crippen LogP contribution >= 0.6 is 0 Å². The highest BCUT2D eigenvalue weighted by Gasteiger charge is 2.42. The highest BCUT2D eigenvalue weighted by atomic mass is 19.3. The highest BCUT2D eigenvalue weighted by Crippen LogP contribution is 2.23. The zero-order chi connectivity index (χ0) is 11.5. The molecule has 0 fully saturated rings. The van der Waals surface area contributed by atoms with Crippen molar-refractivity contribution in [2.75, 3.05) is 0 Å². The van der Waals surface area contributed by atoms with Crippen molar-refractivity contribution in [2.45, 2.75) is 13.0 Å². The lowest BCUT2D eigenvalue weighted by molar-refractivity contribution is -0.193. The minimum atomic E-state index is -4.01. The fraction of sp³-hybridized carbons (Fsp3) is 0.250. The predicted octanol–water partition coefficient (Wildman–Crippen LogP) is 0.352. The quantitative estimate of drug-likeness (QED) is 0.435. The van der Waals surface area contributed by atoms with Gasteiger partial charge >= 0.3 is 12.0 Å². The van der Waals surface area contributed by atoms with E-state index < -0.39 is 12.0 Å². The summed E-state index contributed by atoms with van der Waals surface area (Å²) in [5, 5.41) is 0. The molecule has 0 radical (unpaired) electrons. The second-order valence-electron chi connectivity index (χ2n) is 2.68. The molecule has 0 aromatic carbocycles. The number of hydrogen-bond acceptors (Lipinski definition) is 4. The Labute approximate surface area is 84.2 Å². The van der Waals surface area contributed by atoms with Crippen molar-refractivity contribution in [3.05, 3.63) is 24.0 Å². The van der Waals surface area contributed by atoms with Crippen LogP contribution in [-0.4, -0.2) is 17.0 Å². The van der Waals surface area contributed by atoms with E-state index in [4.69, 9.17) is 0 Å². The Morgan fingerprint density at radius 1 is 1.67 bits per heavy atom. The Bertz CT molecular complexity index is 371. The van der Waals surface area contributed by atoms with Gasteiger partial charge in [0.25, 0.3) is 0 Å². The molecule has 0 atom stereocenters. The third kappa shape index (κ3) is 2.59. The molecule has 0 aliphatic heterocycles. The number of pyridine rings is 1. The van der Waals surface area contributed by atoms with Gasteiger partial charge in [-0.1, -0.05) is 0 Å². The van der Waals surface area contributed by atoms with Crippen LogP contribution in [0.2, 0.25) is 0 Å². The van der Waals surface area contributed by atoms with Crippen LogP contribution in [0.4, 0.5) is 8.78 Å². The summed E-state index contributed by atoms with van der Waals surface area (Å²) >= 11 is 0. The van der Waals surface area contributed by atoms with E-state index in [1.165, 1.54) is 30.7 Å². The smallest absolute Gasteiger partial charge is 0.423 e. The first kappa shape index (κ1) is 11.3. The average molecular weight is 217 g/mol. The second kappa shape index (κ2) is 4.18. The van der Waals surface area contributed by atoms with Gasteiger partial charge in [-0.2, -0.15) is 8.78 Å². The van der Waals surface area contributed by atoms with Crippen LogP contribution in [0.5, 0.6) is 5.75 Å². The van der Waals surface area contributed by atoms with E-state index in [0.29, 0.717) is 0 Å². The van der Waals surface area contributed by atoms with Crippen LogP contribution in [-0.2, 0) is 4.79 Å². The molecule has 1 amide bonds. The average Bonchev–Trinajstić information content (AvgIpc) is 2.20. The molecule has 0 bridgehead atoms. The number of hydrazine groups is 1. The number of carbonyl (C=O) groups excluding carboxylic acids is 1. The maximum atomic E-state index is 12.9. The molecule has 0 saturated heterocycles. The first-order chi connectivity index (χ1) is 6.97. The molecule has 0 saturated carbocycles. The standard InChI is InChI=1S/C8H9F2N3O2/c1-5-6(3-2-4-12-5)15-8(9,10)7(14)13-11/h2-4H,11H2,1H3,(H,13,14). The van der Waals surface area contributed by atoms with E-state index in [-0.39, 0.29) is 11.4 Å². The molecule has 3 N–H and O–H groups in total. The number of alkyl halides is 2. The normalized spacial score (nSPS) is 10.9. The maximum Gasteiger partial charge on any atom is 0.483 e. The molecule has 82 valence electrons. The van der Waals surface area contributed by atoms with Gasteiger partial charge in [-0.05, 0) is 19.1 Å². The number of amides is 1. The first-order valence-corrected chi connectivity index (χ1v) is 3.97. The van der Waals surface area contributed by atoms with Crippen LogP contribution in [0.15, 0.2) is 18.3 Å². The number of nitrogens with two attached hydrogens (primary N) is 1. The van der Waals surface area contributed by atoms with Crippen LogP contribution in [0.25, 0.3) is 0 Å². The maximum absolute atomic E-state index is 12.9. The molecule has 1 aromatic heterocycles. The third-order valence-corrected chi connectivity index (χ3v) is 1.59. The van der Waals surface area contributed by atoms with E-state index in [9.17, 15) is 13.6 Å². The van der Waals surface area contributed by atoms with E-state index in [0.717, 1.165) is 0 Å². The number of nitrogens with zero attached hydrogens (tertiary/aromatic N) is 1. The fourth-order valence-electron chi connectivity index (χ4n) is 0.846. The van der Waals surface area contributed by atoms with Crippen molar-refractivity contribution in [2.24, 2.45) is 5.84 Å². The van der Waals surface area contributed by atoms with Gasteiger partial charge in [-0.25, -0.2) is 5.84 Å². The highest BCUT2D eigenvalue weighted by molar-refractivity contribution is 5.81. The van der Waals surface area contributed by atoms with Crippen molar-refractivity contribution in [3.8, 4) is 5.75 Å². The summed E-state index contributed by atoms with van der Waals surface area (Å²) in [4.78, 5) is 14.3. The van der Waals surface area contributed by atoms with E-state index >= 15 is 0 Å². The zero-order valence-corrected chi connectivity index (χ0v) is 7.83. The number of hydrogen-bond donors (Lipinski definition) is 2. The molecule has 0 aliphatic carbocycles. The fourth-order valence-corrected chi connectivity index (χ4v) is 0.846. The molecule has 7 heteroatoms. The van der Waals surface area contributed by atoms with Gasteiger partial charge < -0.3 is 4.74 Å². The summed E-state index contributed by atoms with van der Waals surface area (Å²) in [6, 6.07) is 2.69. The van der Waals surface area contributed by atoms with Crippen molar-refractivity contribution in [3.63, 3.8) is 0 Å². The summed E-state index contributed by atoms with van der Waals surface area (Å²) in [6.07, 6.45) is -2.59. The molecule has 0 spiro atoms. The lowest BCUT2D eigenvalue weighted by Gasteiger charge is -2.16. The minimum Gasteiger partial charge on any atom is -0.423 e. The van der Waals surface area contributed by atoms with Gasteiger partial charge in [0.2, 0.25) is 0 Å². The molecule has 1 rings (SSSR count). The zero-order valence-electron chi connectivity index (χ0n) is 7.83. The van der Waals surface area contributed by atoms with Crippen molar-refractivity contribution in [1.82, 2.24) is 10.4 Å². The van der Waals surface area contributed by atoms with Crippen LogP contribution in [0.1, 0.15) is 5.69 Å². The number of carbonyl (C=O) groups is 1. The van der Waals surface area contributed by atoms with E-state index in [1.54, 1.807) is 0 Å². The third-order valence-electron chi connectivity index (χ3n) is 1.59. The predicted molar refractivity (Wildman–Crippen MR) is 46.9 cm³/mol. The minimum absolute atomic E-state index is 0.175. The summed E-state index contributed by atoms with van der Waals surface area (Å²) in [5.74, 6) is 2.68. The van der Waals surface area contributed by atoms with Crippen molar-refractivity contribution >= 4 is 5.91 Å². The van der Waals surface area contributed by atoms with Crippen molar-refractivity contribution in [1.29, 1.82) is 0 Å². The molecule has 1 heterocycles. The Hall–Kier alpha value is -1.76. The molecular formula is C8H9F2N3O2. The summed E-state index contributed by atoms with van der Waals surface area (Å²) in [7, 11) is 0. The summed E-state index contributed by atoms with van der Waals surface area (Å²) in [5.41, 5.74) is 1.56. The number of rotatable bonds is 3. The van der Waals surface area contributed by atoms with Gasteiger partial charge in [0.15, 0.2) is 0 Å². The van der Waals surface area contributed by atoms with Crippen molar-refractivity contribution < 1.29 is 18.3 Å². The van der Waals surface area contributed by atoms with Gasteiger partial charge in [0.05, 0.1) is 5.69 Å². The molecule has 15 heavy (non-hydrogen) atoms. The topological polar surface area (TPSA) is 77.2 Å². The van der Waals surface area contributed by atoms with Crippen LogP contribution in [0.3, 0.4) is 0 Å².